The third-order valence-corrected chi connectivity index (χ3v) is 2.56. The van der Waals surface area contributed by atoms with Gasteiger partial charge in [0.1, 0.15) is 5.56 Å². The molecule has 0 spiro atoms. The number of carbonyl (C=O) groups is 1. The molecule has 0 fully saturated rings. The zero-order valence-electron chi connectivity index (χ0n) is 10.1. The molecule has 1 aromatic carbocycles. The summed E-state index contributed by atoms with van der Waals surface area (Å²) in [5.74, 6) is 4.66. The number of hydrogen-bond acceptors (Lipinski definition) is 3. The van der Waals surface area contributed by atoms with E-state index in [0.717, 1.165) is 0 Å². The Morgan fingerprint density at radius 2 is 2.16 bits per heavy atom. The van der Waals surface area contributed by atoms with Crippen molar-refractivity contribution in [2.45, 2.75) is 25.7 Å². The van der Waals surface area contributed by atoms with E-state index in [4.69, 9.17) is 16.7 Å². The molecule has 5 nitrogen and oxygen atoms in total. The Morgan fingerprint density at radius 3 is 2.79 bits per heavy atom. The Morgan fingerprint density at radius 1 is 1.42 bits per heavy atom. The van der Waals surface area contributed by atoms with Crippen LogP contribution in [0.3, 0.4) is 0 Å². The summed E-state index contributed by atoms with van der Waals surface area (Å²) in [6.45, 7) is 0. The molecule has 0 bridgehead atoms. The number of rotatable bonds is 5. The SMILES string of the molecule is O=C(O)CCCCC#Cc1cc(Cl)ccc1[N+](=O)[O-]. The standard InChI is InChI=1S/C13H12ClNO4/c14-11-7-8-12(15(18)19)10(9-11)5-3-1-2-4-6-13(16)17/h7-9H,1-2,4,6H2,(H,16,17). The van der Waals surface area contributed by atoms with E-state index < -0.39 is 10.9 Å². The summed E-state index contributed by atoms with van der Waals surface area (Å²) in [5.41, 5.74) is 0.193. The fraction of sp³-hybridized carbons (Fsp3) is 0.308. The summed E-state index contributed by atoms with van der Waals surface area (Å²) in [6.07, 6.45) is 1.80. The van der Waals surface area contributed by atoms with Crippen molar-refractivity contribution >= 4 is 23.3 Å². The van der Waals surface area contributed by atoms with Crippen LogP contribution in [0, 0.1) is 22.0 Å². The van der Waals surface area contributed by atoms with E-state index in [0.29, 0.717) is 24.3 Å². The van der Waals surface area contributed by atoms with Crippen molar-refractivity contribution in [1.29, 1.82) is 0 Å². The van der Waals surface area contributed by atoms with Crippen molar-refractivity contribution in [2.75, 3.05) is 0 Å². The summed E-state index contributed by atoms with van der Waals surface area (Å²) in [6, 6.07) is 4.21. The lowest BCUT2D eigenvalue weighted by Crippen LogP contribution is -1.93. The Bertz CT molecular complexity index is 545. The summed E-state index contributed by atoms with van der Waals surface area (Å²) in [7, 11) is 0. The highest BCUT2D eigenvalue weighted by molar-refractivity contribution is 6.30. The molecule has 0 saturated heterocycles. The van der Waals surface area contributed by atoms with E-state index >= 15 is 0 Å². The molecule has 100 valence electrons. The van der Waals surface area contributed by atoms with Gasteiger partial charge >= 0.3 is 5.97 Å². The van der Waals surface area contributed by atoms with Gasteiger partial charge in [0.2, 0.25) is 0 Å². The lowest BCUT2D eigenvalue weighted by Gasteiger charge is -1.96. The Labute approximate surface area is 115 Å². The molecular formula is C13H12ClNO4. The molecule has 0 unspecified atom stereocenters. The monoisotopic (exact) mass is 281 g/mol. The number of carboxylic acid groups (broad SMARTS) is 1. The Hall–Kier alpha value is -2.06. The average molecular weight is 282 g/mol. The van der Waals surface area contributed by atoms with Gasteiger partial charge in [-0.1, -0.05) is 23.4 Å². The smallest absolute Gasteiger partial charge is 0.303 e. The second kappa shape index (κ2) is 7.39. The van der Waals surface area contributed by atoms with Gasteiger partial charge in [0, 0.05) is 23.9 Å². The van der Waals surface area contributed by atoms with Gasteiger partial charge in [0.05, 0.1) is 4.92 Å². The summed E-state index contributed by atoms with van der Waals surface area (Å²) >= 11 is 5.76. The molecular weight excluding hydrogens is 270 g/mol. The highest BCUT2D eigenvalue weighted by atomic mass is 35.5. The van der Waals surface area contributed by atoms with E-state index in [1.807, 2.05) is 0 Å². The quantitative estimate of drug-likeness (QED) is 0.389. The molecule has 0 amide bonds. The first kappa shape index (κ1) is 15.0. The molecule has 0 heterocycles. The van der Waals surface area contributed by atoms with Gasteiger partial charge < -0.3 is 5.11 Å². The maximum absolute atomic E-state index is 10.8. The maximum Gasteiger partial charge on any atom is 0.303 e. The van der Waals surface area contributed by atoms with Crippen molar-refractivity contribution in [3.63, 3.8) is 0 Å². The van der Waals surface area contributed by atoms with Gasteiger partial charge in [-0.15, -0.1) is 0 Å². The fourth-order valence-electron chi connectivity index (χ4n) is 1.41. The lowest BCUT2D eigenvalue weighted by atomic mass is 10.1. The number of carboxylic acids is 1. The van der Waals surface area contributed by atoms with E-state index in [2.05, 4.69) is 11.8 Å². The van der Waals surface area contributed by atoms with Crippen molar-refractivity contribution in [1.82, 2.24) is 0 Å². The zero-order chi connectivity index (χ0) is 14.3. The van der Waals surface area contributed by atoms with Gasteiger partial charge in [-0.2, -0.15) is 0 Å². The number of unbranched alkanes of at least 4 members (excludes halogenated alkanes) is 2. The van der Waals surface area contributed by atoms with E-state index in [1.54, 1.807) is 0 Å². The number of aliphatic carboxylic acids is 1. The minimum Gasteiger partial charge on any atom is -0.481 e. The van der Waals surface area contributed by atoms with Crippen LogP contribution < -0.4 is 0 Å². The third kappa shape index (κ3) is 5.40. The highest BCUT2D eigenvalue weighted by Gasteiger charge is 2.11. The second-order valence-corrected chi connectivity index (χ2v) is 4.26. The first-order chi connectivity index (χ1) is 9.00. The molecule has 1 aromatic rings. The lowest BCUT2D eigenvalue weighted by molar-refractivity contribution is -0.385. The normalized spacial score (nSPS) is 9.53. The van der Waals surface area contributed by atoms with Crippen LogP contribution in [0.1, 0.15) is 31.2 Å². The van der Waals surface area contributed by atoms with E-state index in [9.17, 15) is 14.9 Å². The minimum absolute atomic E-state index is 0.0811. The average Bonchev–Trinajstić information content (AvgIpc) is 2.33. The van der Waals surface area contributed by atoms with Gasteiger partial charge in [-0.05, 0) is 25.0 Å². The minimum atomic E-state index is -0.835. The molecule has 0 aliphatic heterocycles. The van der Waals surface area contributed by atoms with Crippen LogP contribution in [0.25, 0.3) is 0 Å². The van der Waals surface area contributed by atoms with Crippen molar-refractivity contribution in [2.24, 2.45) is 0 Å². The maximum atomic E-state index is 10.8. The first-order valence-corrected chi connectivity index (χ1v) is 6.03. The van der Waals surface area contributed by atoms with Crippen LogP contribution in [0.15, 0.2) is 18.2 Å². The van der Waals surface area contributed by atoms with Gasteiger partial charge in [0.25, 0.3) is 5.69 Å². The van der Waals surface area contributed by atoms with Gasteiger partial charge in [-0.3, -0.25) is 14.9 Å². The number of nitro benzene ring substituents is 1. The van der Waals surface area contributed by atoms with E-state index in [-0.39, 0.29) is 17.7 Å². The predicted octanol–water partition coefficient (Wildman–Crippen LogP) is 3.24. The van der Waals surface area contributed by atoms with E-state index in [1.165, 1.54) is 18.2 Å². The highest BCUT2D eigenvalue weighted by Crippen LogP contribution is 2.21. The van der Waals surface area contributed by atoms with Crippen LogP contribution in [0.5, 0.6) is 0 Å². The molecule has 0 aromatic heterocycles. The molecule has 1 rings (SSSR count). The van der Waals surface area contributed by atoms with Crippen LogP contribution in [-0.4, -0.2) is 16.0 Å². The molecule has 0 saturated carbocycles. The van der Waals surface area contributed by atoms with Crippen LogP contribution in [0.2, 0.25) is 5.02 Å². The Balaban J connectivity index is 2.64. The van der Waals surface area contributed by atoms with Crippen LogP contribution >= 0.6 is 11.6 Å². The number of nitro groups is 1. The summed E-state index contributed by atoms with van der Waals surface area (Å²) < 4.78 is 0. The van der Waals surface area contributed by atoms with Crippen molar-refractivity contribution in [3.8, 4) is 11.8 Å². The molecule has 19 heavy (non-hydrogen) atoms. The number of halogens is 1. The fourth-order valence-corrected chi connectivity index (χ4v) is 1.59. The third-order valence-electron chi connectivity index (χ3n) is 2.32. The molecule has 0 radical (unpaired) electrons. The molecule has 0 aliphatic carbocycles. The van der Waals surface area contributed by atoms with Gasteiger partial charge in [0.15, 0.2) is 0 Å². The number of nitrogens with zero attached hydrogens (tertiary/aromatic N) is 1. The van der Waals surface area contributed by atoms with Crippen molar-refractivity contribution < 1.29 is 14.8 Å². The topological polar surface area (TPSA) is 80.4 Å². The van der Waals surface area contributed by atoms with Gasteiger partial charge in [-0.25, -0.2) is 0 Å². The predicted molar refractivity (Wildman–Crippen MR) is 71.1 cm³/mol. The largest absolute Gasteiger partial charge is 0.481 e. The number of benzene rings is 1. The van der Waals surface area contributed by atoms with Crippen molar-refractivity contribution in [3.05, 3.63) is 38.9 Å². The summed E-state index contributed by atoms with van der Waals surface area (Å²) in [4.78, 5) is 20.5. The second-order valence-electron chi connectivity index (χ2n) is 3.82. The molecule has 1 N–H and O–H groups in total. The van der Waals surface area contributed by atoms with Crippen LogP contribution in [0.4, 0.5) is 5.69 Å². The molecule has 0 atom stereocenters. The summed E-state index contributed by atoms with van der Waals surface area (Å²) in [5, 5.41) is 19.6. The zero-order valence-corrected chi connectivity index (χ0v) is 10.8. The Kier molecular flexibility index (Phi) is 5.83. The molecule has 0 aliphatic rings. The molecule has 6 heteroatoms. The first-order valence-electron chi connectivity index (χ1n) is 5.65. The number of hydrogen-bond donors (Lipinski definition) is 1. The van der Waals surface area contributed by atoms with Crippen LogP contribution in [-0.2, 0) is 4.79 Å².